The molecule has 7 nitrogen and oxygen atoms in total. The van der Waals surface area contributed by atoms with Gasteiger partial charge in [0.2, 0.25) is 0 Å². The Morgan fingerprint density at radius 2 is 2.00 bits per heavy atom. The first-order chi connectivity index (χ1) is 9.58. The van der Waals surface area contributed by atoms with Crippen molar-refractivity contribution in [1.82, 2.24) is 14.9 Å². The Morgan fingerprint density at radius 3 is 2.65 bits per heavy atom. The van der Waals surface area contributed by atoms with Crippen molar-refractivity contribution >= 4 is 11.9 Å². The molecule has 1 aliphatic heterocycles. The van der Waals surface area contributed by atoms with Crippen LogP contribution in [-0.4, -0.2) is 57.4 Å². The number of nitrogens with zero attached hydrogens (tertiary/aromatic N) is 4. The molecule has 1 amide bonds. The Hall–Kier alpha value is -1.89. The number of piperazine rings is 1. The molecular weight excluding hydrogens is 260 g/mol. The molecule has 0 spiro atoms. The van der Waals surface area contributed by atoms with Gasteiger partial charge < -0.3 is 20.0 Å². The van der Waals surface area contributed by atoms with Gasteiger partial charge >= 0.3 is 6.09 Å². The molecule has 0 aromatic carbocycles. The van der Waals surface area contributed by atoms with Crippen LogP contribution in [0.4, 0.5) is 10.6 Å². The van der Waals surface area contributed by atoms with Crippen molar-refractivity contribution in [2.24, 2.45) is 0 Å². The second kappa shape index (κ2) is 4.90. The minimum absolute atomic E-state index is 0.230. The molecule has 0 unspecified atom stereocenters. The van der Waals surface area contributed by atoms with Crippen molar-refractivity contribution in [3.05, 3.63) is 17.6 Å². The quantitative estimate of drug-likeness (QED) is 0.790. The zero-order chi connectivity index (χ0) is 14.3. The van der Waals surface area contributed by atoms with Gasteiger partial charge in [0.25, 0.3) is 0 Å². The number of amides is 1. The van der Waals surface area contributed by atoms with Crippen molar-refractivity contribution in [3.8, 4) is 0 Å². The summed E-state index contributed by atoms with van der Waals surface area (Å²) in [6, 6.07) is 0. The van der Waals surface area contributed by atoms with Gasteiger partial charge in [-0.3, -0.25) is 0 Å². The molecular formula is C13H18N4O3. The van der Waals surface area contributed by atoms with Gasteiger partial charge in [0.15, 0.2) is 0 Å². The maximum Gasteiger partial charge on any atom is 0.407 e. The molecule has 1 saturated heterocycles. The summed E-state index contributed by atoms with van der Waals surface area (Å²) in [4.78, 5) is 23.0. The lowest BCUT2D eigenvalue weighted by Crippen LogP contribution is -2.48. The van der Waals surface area contributed by atoms with Gasteiger partial charge in [0.1, 0.15) is 12.1 Å². The van der Waals surface area contributed by atoms with Gasteiger partial charge in [0, 0.05) is 31.7 Å². The average Bonchev–Trinajstić information content (AvgIpc) is 2.74. The summed E-state index contributed by atoms with van der Waals surface area (Å²) in [5.74, 6) is 1.08. The molecule has 108 valence electrons. The van der Waals surface area contributed by atoms with E-state index in [1.54, 1.807) is 0 Å². The van der Waals surface area contributed by atoms with Crippen molar-refractivity contribution in [2.75, 3.05) is 31.1 Å². The van der Waals surface area contributed by atoms with Crippen molar-refractivity contribution in [1.29, 1.82) is 0 Å². The SMILES string of the molecule is C[C@@H]1C[C@@H](O)c2ncnc(N3CCN(C(=O)O)CC3)c21. The van der Waals surface area contributed by atoms with E-state index in [-0.39, 0.29) is 5.92 Å². The second-order valence-corrected chi connectivity index (χ2v) is 5.41. The van der Waals surface area contributed by atoms with Gasteiger partial charge in [-0.15, -0.1) is 0 Å². The summed E-state index contributed by atoms with van der Waals surface area (Å²) in [5, 5.41) is 19.0. The first-order valence-corrected chi connectivity index (χ1v) is 6.83. The molecule has 1 aromatic heterocycles. The highest BCUT2D eigenvalue weighted by Gasteiger charge is 2.33. The average molecular weight is 278 g/mol. The van der Waals surface area contributed by atoms with Crippen molar-refractivity contribution in [2.45, 2.75) is 25.4 Å². The van der Waals surface area contributed by atoms with Crippen molar-refractivity contribution < 1.29 is 15.0 Å². The third kappa shape index (κ3) is 2.07. The maximum absolute atomic E-state index is 10.9. The third-order valence-electron chi connectivity index (χ3n) is 4.13. The molecule has 0 saturated carbocycles. The Morgan fingerprint density at radius 1 is 1.30 bits per heavy atom. The van der Waals surface area contributed by atoms with Crippen LogP contribution in [0.15, 0.2) is 6.33 Å². The summed E-state index contributed by atoms with van der Waals surface area (Å²) in [5.41, 5.74) is 1.74. The predicted molar refractivity (Wildman–Crippen MR) is 71.8 cm³/mol. The second-order valence-electron chi connectivity index (χ2n) is 5.41. The lowest BCUT2D eigenvalue weighted by Gasteiger charge is -2.35. The number of rotatable bonds is 1. The van der Waals surface area contributed by atoms with E-state index in [1.165, 1.54) is 11.2 Å². The molecule has 2 aliphatic rings. The van der Waals surface area contributed by atoms with Crippen molar-refractivity contribution in [3.63, 3.8) is 0 Å². The van der Waals surface area contributed by atoms with Gasteiger partial charge in [-0.05, 0) is 12.3 Å². The first kappa shape index (κ1) is 13.1. The minimum Gasteiger partial charge on any atom is -0.465 e. The largest absolute Gasteiger partial charge is 0.465 e. The minimum atomic E-state index is -0.874. The number of aliphatic hydroxyl groups is 1. The topological polar surface area (TPSA) is 89.8 Å². The van der Waals surface area contributed by atoms with Crippen LogP contribution in [0.3, 0.4) is 0 Å². The van der Waals surface area contributed by atoms with E-state index in [2.05, 4.69) is 21.8 Å². The number of anilines is 1. The van der Waals surface area contributed by atoms with Gasteiger partial charge in [0.05, 0.1) is 11.8 Å². The van der Waals surface area contributed by atoms with Crippen LogP contribution in [0.5, 0.6) is 0 Å². The molecule has 1 aliphatic carbocycles. The Labute approximate surface area is 116 Å². The zero-order valence-corrected chi connectivity index (χ0v) is 11.4. The molecule has 20 heavy (non-hydrogen) atoms. The summed E-state index contributed by atoms with van der Waals surface area (Å²) < 4.78 is 0. The highest BCUT2D eigenvalue weighted by atomic mass is 16.4. The summed E-state index contributed by atoms with van der Waals surface area (Å²) >= 11 is 0. The molecule has 1 aromatic rings. The monoisotopic (exact) mass is 278 g/mol. The number of carboxylic acid groups (broad SMARTS) is 1. The first-order valence-electron chi connectivity index (χ1n) is 6.83. The molecule has 7 heteroatoms. The van der Waals surface area contributed by atoms with E-state index in [4.69, 9.17) is 5.11 Å². The van der Waals surface area contributed by atoms with E-state index < -0.39 is 12.2 Å². The highest BCUT2D eigenvalue weighted by molar-refractivity contribution is 5.65. The van der Waals surface area contributed by atoms with Crippen LogP contribution in [0, 0.1) is 0 Å². The van der Waals surface area contributed by atoms with E-state index in [0.29, 0.717) is 32.6 Å². The predicted octanol–water partition coefficient (Wildman–Crippen LogP) is 0.817. The summed E-state index contributed by atoms with van der Waals surface area (Å²) in [7, 11) is 0. The fourth-order valence-electron chi connectivity index (χ4n) is 3.06. The molecule has 1 fully saturated rings. The van der Waals surface area contributed by atoms with Gasteiger partial charge in [-0.2, -0.15) is 0 Å². The standard InChI is InChI=1S/C13H18N4O3/c1-8-6-9(18)11-10(8)12(15-7-14-11)16-2-4-17(5-3-16)13(19)20/h7-9,18H,2-6H2,1H3,(H,19,20)/t8-,9-/m1/s1. The smallest absolute Gasteiger partial charge is 0.407 e. The van der Waals surface area contributed by atoms with Crippen LogP contribution in [0.2, 0.25) is 0 Å². The van der Waals surface area contributed by atoms with Gasteiger partial charge in [-0.25, -0.2) is 14.8 Å². The van der Waals surface area contributed by atoms with E-state index in [0.717, 1.165) is 17.1 Å². The normalized spacial score (nSPS) is 25.7. The van der Waals surface area contributed by atoms with E-state index in [9.17, 15) is 9.90 Å². The molecule has 0 radical (unpaired) electrons. The summed E-state index contributed by atoms with van der Waals surface area (Å²) in [6.07, 6.45) is 0.776. The zero-order valence-electron chi connectivity index (χ0n) is 11.4. The molecule has 0 bridgehead atoms. The lowest BCUT2D eigenvalue weighted by atomic mass is 10.1. The Balaban J connectivity index is 1.84. The number of hydrogen-bond donors (Lipinski definition) is 2. The maximum atomic E-state index is 10.9. The van der Waals surface area contributed by atoms with Crippen LogP contribution in [0.25, 0.3) is 0 Å². The third-order valence-corrected chi connectivity index (χ3v) is 4.13. The molecule has 2 N–H and O–H groups in total. The van der Waals surface area contributed by atoms with E-state index in [1.807, 2.05) is 0 Å². The number of fused-ring (bicyclic) bond motifs is 1. The van der Waals surface area contributed by atoms with Crippen LogP contribution in [0.1, 0.15) is 36.6 Å². The number of hydrogen-bond acceptors (Lipinski definition) is 5. The van der Waals surface area contributed by atoms with Crippen LogP contribution >= 0.6 is 0 Å². The highest BCUT2D eigenvalue weighted by Crippen LogP contribution is 2.42. The molecule has 3 rings (SSSR count). The van der Waals surface area contributed by atoms with E-state index >= 15 is 0 Å². The Kier molecular flexibility index (Phi) is 3.21. The number of aromatic nitrogens is 2. The van der Waals surface area contributed by atoms with Crippen LogP contribution < -0.4 is 4.90 Å². The fraction of sp³-hybridized carbons (Fsp3) is 0.615. The molecule has 2 heterocycles. The van der Waals surface area contributed by atoms with Crippen LogP contribution in [-0.2, 0) is 0 Å². The fourth-order valence-corrected chi connectivity index (χ4v) is 3.06. The number of aliphatic hydroxyl groups excluding tert-OH is 1. The van der Waals surface area contributed by atoms with Gasteiger partial charge in [-0.1, -0.05) is 6.92 Å². The molecule has 2 atom stereocenters. The number of carbonyl (C=O) groups is 1. The lowest BCUT2D eigenvalue weighted by molar-refractivity contribution is 0.142. The summed E-state index contributed by atoms with van der Waals surface area (Å²) in [6.45, 7) is 4.27. The Bertz CT molecular complexity index is 528.